The van der Waals surface area contributed by atoms with Gasteiger partial charge in [0, 0.05) is 6.04 Å². The van der Waals surface area contributed by atoms with E-state index in [1.165, 1.54) is 42.8 Å². The molecule has 1 aliphatic heterocycles. The van der Waals surface area contributed by atoms with Crippen LogP contribution in [0.1, 0.15) is 37.3 Å². The molecule has 2 aliphatic rings. The fourth-order valence-corrected chi connectivity index (χ4v) is 4.10. The predicted molar refractivity (Wildman–Crippen MR) is 79.9 cm³/mol. The van der Waals surface area contributed by atoms with Gasteiger partial charge in [-0.1, -0.05) is 12.1 Å². The minimum atomic E-state index is -0.136. The van der Waals surface area contributed by atoms with E-state index < -0.39 is 0 Å². The van der Waals surface area contributed by atoms with Crippen LogP contribution in [0.3, 0.4) is 0 Å². The first-order valence-corrected chi connectivity index (χ1v) is 8.55. The second kappa shape index (κ2) is 6.27. The summed E-state index contributed by atoms with van der Waals surface area (Å²) >= 11 is 2.08. The largest absolute Gasteiger partial charge is 0.309 e. The van der Waals surface area contributed by atoms with Gasteiger partial charge in [-0.25, -0.2) is 4.39 Å². The third-order valence-electron chi connectivity index (χ3n) is 4.29. The second-order valence-electron chi connectivity index (χ2n) is 5.83. The Hall–Kier alpha value is -0.540. The zero-order valence-electron chi connectivity index (χ0n) is 11.3. The maximum atomic E-state index is 13.0. The highest BCUT2D eigenvalue weighted by Gasteiger charge is 2.32. The number of benzene rings is 1. The normalized spacial score (nSPS) is 22.4. The lowest BCUT2D eigenvalue weighted by molar-refractivity contribution is 0.390. The van der Waals surface area contributed by atoms with Crippen LogP contribution >= 0.6 is 11.8 Å². The molecule has 3 rings (SSSR count). The molecule has 0 amide bonds. The smallest absolute Gasteiger partial charge is 0.123 e. The Balaban J connectivity index is 1.59. The lowest BCUT2D eigenvalue weighted by atomic mass is 9.99. The van der Waals surface area contributed by atoms with Crippen molar-refractivity contribution in [3.05, 3.63) is 35.6 Å². The molecule has 2 fully saturated rings. The summed E-state index contributed by atoms with van der Waals surface area (Å²) in [5, 5.41) is 3.76. The van der Waals surface area contributed by atoms with Gasteiger partial charge >= 0.3 is 0 Å². The first-order valence-electron chi connectivity index (χ1n) is 7.39. The fourth-order valence-electron chi connectivity index (χ4n) is 2.90. The lowest BCUT2D eigenvalue weighted by Crippen LogP contribution is -2.30. The topological polar surface area (TPSA) is 12.0 Å². The first-order chi connectivity index (χ1) is 9.33. The van der Waals surface area contributed by atoms with Crippen molar-refractivity contribution in [1.82, 2.24) is 5.32 Å². The SMILES string of the molecule is Fc1ccc(C(NCC2CCSCC2)C2CC2)cc1. The van der Waals surface area contributed by atoms with E-state index in [4.69, 9.17) is 0 Å². The summed E-state index contributed by atoms with van der Waals surface area (Å²) in [5.41, 5.74) is 1.26. The summed E-state index contributed by atoms with van der Waals surface area (Å²) < 4.78 is 13.0. The molecule has 3 heteroatoms. The second-order valence-corrected chi connectivity index (χ2v) is 7.06. The van der Waals surface area contributed by atoms with Crippen LogP contribution in [-0.2, 0) is 0 Å². The van der Waals surface area contributed by atoms with E-state index in [0.717, 1.165) is 18.4 Å². The monoisotopic (exact) mass is 279 g/mol. The summed E-state index contributed by atoms with van der Waals surface area (Å²) in [4.78, 5) is 0. The average Bonchev–Trinajstić information content (AvgIpc) is 3.27. The minimum absolute atomic E-state index is 0.136. The molecule has 1 unspecified atom stereocenters. The van der Waals surface area contributed by atoms with Crippen LogP contribution in [0.2, 0.25) is 0 Å². The minimum Gasteiger partial charge on any atom is -0.309 e. The molecule has 1 N–H and O–H groups in total. The quantitative estimate of drug-likeness (QED) is 0.874. The highest BCUT2D eigenvalue weighted by Crippen LogP contribution is 2.41. The Morgan fingerprint density at radius 3 is 2.42 bits per heavy atom. The summed E-state index contributed by atoms with van der Waals surface area (Å²) in [6.07, 6.45) is 5.32. The van der Waals surface area contributed by atoms with E-state index in [1.807, 2.05) is 12.1 Å². The zero-order chi connectivity index (χ0) is 13.1. The molecular formula is C16H22FNS. The van der Waals surface area contributed by atoms with Crippen molar-refractivity contribution in [3.63, 3.8) is 0 Å². The highest BCUT2D eigenvalue weighted by molar-refractivity contribution is 7.99. The predicted octanol–water partition coefficient (Wildman–Crippen LogP) is 4.01. The molecule has 1 aromatic rings. The van der Waals surface area contributed by atoms with E-state index >= 15 is 0 Å². The van der Waals surface area contributed by atoms with Crippen LogP contribution < -0.4 is 5.32 Å². The number of rotatable bonds is 5. The lowest BCUT2D eigenvalue weighted by Gasteiger charge is -2.25. The van der Waals surface area contributed by atoms with Crippen LogP contribution in [0.25, 0.3) is 0 Å². The van der Waals surface area contributed by atoms with Crippen molar-refractivity contribution >= 4 is 11.8 Å². The third kappa shape index (κ3) is 3.73. The molecule has 1 heterocycles. The van der Waals surface area contributed by atoms with Gasteiger partial charge in [-0.05, 0) is 73.3 Å². The average molecular weight is 279 g/mol. The molecule has 1 saturated heterocycles. The van der Waals surface area contributed by atoms with Crippen molar-refractivity contribution in [2.45, 2.75) is 31.7 Å². The number of thioether (sulfide) groups is 1. The molecule has 1 nitrogen and oxygen atoms in total. The Kier molecular flexibility index (Phi) is 4.44. The van der Waals surface area contributed by atoms with Gasteiger partial charge in [-0.2, -0.15) is 11.8 Å². The summed E-state index contributed by atoms with van der Waals surface area (Å²) in [7, 11) is 0. The van der Waals surface area contributed by atoms with Crippen molar-refractivity contribution in [2.75, 3.05) is 18.1 Å². The molecular weight excluding hydrogens is 257 g/mol. The van der Waals surface area contributed by atoms with Gasteiger partial charge in [0.15, 0.2) is 0 Å². The number of hydrogen-bond donors (Lipinski definition) is 1. The van der Waals surface area contributed by atoms with Crippen molar-refractivity contribution in [3.8, 4) is 0 Å². The van der Waals surface area contributed by atoms with E-state index in [2.05, 4.69) is 17.1 Å². The number of hydrogen-bond acceptors (Lipinski definition) is 2. The first kappa shape index (κ1) is 13.4. The van der Waals surface area contributed by atoms with Gasteiger partial charge < -0.3 is 5.32 Å². The highest BCUT2D eigenvalue weighted by atomic mass is 32.2. The Morgan fingerprint density at radius 1 is 1.11 bits per heavy atom. The van der Waals surface area contributed by atoms with Gasteiger partial charge in [0.25, 0.3) is 0 Å². The number of nitrogens with one attached hydrogen (secondary N) is 1. The van der Waals surface area contributed by atoms with E-state index in [1.54, 1.807) is 12.1 Å². The van der Waals surface area contributed by atoms with E-state index in [0.29, 0.717) is 6.04 Å². The van der Waals surface area contributed by atoms with Crippen LogP contribution in [-0.4, -0.2) is 18.1 Å². The number of halogens is 1. The van der Waals surface area contributed by atoms with E-state index in [9.17, 15) is 4.39 Å². The zero-order valence-corrected chi connectivity index (χ0v) is 12.1. The molecule has 19 heavy (non-hydrogen) atoms. The van der Waals surface area contributed by atoms with Crippen molar-refractivity contribution in [2.24, 2.45) is 11.8 Å². The summed E-state index contributed by atoms with van der Waals surface area (Å²) in [6, 6.07) is 7.51. The molecule has 1 saturated carbocycles. The maximum absolute atomic E-state index is 13.0. The van der Waals surface area contributed by atoms with Crippen molar-refractivity contribution < 1.29 is 4.39 Å². The maximum Gasteiger partial charge on any atom is 0.123 e. The fraction of sp³-hybridized carbons (Fsp3) is 0.625. The van der Waals surface area contributed by atoms with Crippen LogP contribution in [0.5, 0.6) is 0 Å². The summed E-state index contributed by atoms with van der Waals surface area (Å²) in [6.45, 7) is 1.12. The summed E-state index contributed by atoms with van der Waals surface area (Å²) in [5.74, 6) is 4.10. The molecule has 0 radical (unpaired) electrons. The van der Waals surface area contributed by atoms with E-state index in [-0.39, 0.29) is 5.82 Å². The van der Waals surface area contributed by atoms with Gasteiger partial charge in [0.2, 0.25) is 0 Å². The Bertz CT molecular complexity index is 396. The van der Waals surface area contributed by atoms with Crippen LogP contribution in [0.4, 0.5) is 4.39 Å². The van der Waals surface area contributed by atoms with Crippen molar-refractivity contribution in [1.29, 1.82) is 0 Å². The van der Waals surface area contributed by atoms with Gasteiger partial charge in [-0.15, -0.1) is 0 Å². The van der Waals surface area contributed by atoms with Gasteiger partial charge in [-0.3, -0.25) is 0 Å². The molecule has 1 atom stereocenters. The molecule has 1 aromatic carbocycles. The molecule has 0 bridgehead atoms. The Labute approximate surface area is 119 Å². The Morgan fingerprint density at radius 2 is 1.79 bits per heavy atom. The molecule has 104 valence electrons. The molecule has 0 spiro atoms. The van der Waals surface area contributed by atoms with Crippen LogP contribution in [0.15, 0.2) is 24.3 Å². The molecule has 1 aliphatic carbocycles. The molecule has 0 aromatic heterocycles. The van der Waals surface area contributed by atoms with Gasteiger partial charge in [0.1, 0.15) is 5.82 Å². The van der Waals surface area contributed by atoms with Gasteiger partial charge in [0.05, 0.1) is 0 Å². The third-order valence-corrected chi connectivity index (χ3v) is 5.34. The standard InChI is InChI=1S/C16H22FNS/c17-15-5-3-14(4-6-15)16(13-1-2-13)18-11-12-7-9-19-10-8-12/h3-6,12-13,16,18H,1-2,7-11H2. The van der Waals surface area contributed by atoms with Crippen LogP contribution in [0, 0.1) is 17.7 Å².